The lowest BCUT2D eigenvalue weighted by atomic mass is 9.76. The molecule has 6 heteroatoms. The van der Waals surface area contributed by atoms with Crippen molar-refractivity contribution in [3.8, 4) is 11.5 Å². The van der Waals surface area contributed by atoms with E-state index >= 15 is 0 Å². The van der Waals surface area contributed by atoms with Crippen LogP contribution in [0.2, 0.25) is 0 Å². The highest BCUT2D eigenvalue weighted by Gasteiger charge is 2.45. The standard InChI is InChI=1S/C18H23NO5/c1-23-14-8-7-12(11-15(14)24-13-5-2-3-6-13)16(20)19-18(17(21)22)9-4-10-18/h7-8,11,13H,2-6,9-10H2,1H3,(H,19,20)(H,21,22). The zero-order chi connectivity index (χ0) is 17.2. The molecule has 1 aromatic carbocycles. The fourth-order valence-electron chi connectivity index (χ4n) is 3.31. The van der Waals surface area contributed by atoms with Gasteiger partial charge >= 0.3 is 5.97 Å². The maximum Gasteiger partial charge on any atom is 0.329 e. The molecule has 2 fully saturated rings. The molecule has 3 rings (SSSR count). The van der Waals surface area contributed by atoms with Crippen LogP contribution in [0.3, 0.4) is 0 Å². The molecule has 2 aliphatic carbocycles. The average molecular weight is 333 g/mol. The van der Waals surface area contributed by atoms with Crippen molar-refractivity contribution in [3.05, 3.63) is 23.8 Å². The van der Waals surface area contributed by atoms with Crippen LogP contribution >= 0.6 is 0 Å². The summed E-state index contributed by atoms with van der Waals surface area (Å²) in [6.45, 7) is 0. The van der Waals surface area contributed by atoms with E-state index in [2.05, 4.69) is 5.32 Å². The number of carboxylic acid groups (broad SMARTS) is 1. The van der Waals surface area contributed by atoms with E-state index in [1.54, 1.807) is 25.3 Å². The van der Waals surface area contributed by atoms with Gasteiger partial charge in [-0.05, 0) is 63.1 Å². The Morgan fingerprint density at radius 1 is 1.17 bits per heavy atom. The largest absolute Gasteiger partial charge is 0.493 e. The average Bonchev–Trinajstić information content (AvgIpc) is 3.03. The number of rotatable bonds is 6. The van der Waals surface area contributed by atoms with Gasteiger partial charge in [0.1, 0.15) is 5.54 Å². The van der Waals surface area contributed by atoms with Crippen molar-refractivity contribution in [3.63, 3.8) is 0 Å². The number of nitrogens with one attached hydrogen (secondary N) is 1. The van der Waals surface area contributed by atoms with Crippen LogP contribution in [0.15, 0.2) is 18.2 Å². The van der Waals surface area contributed by atoms with Crippen molar-refractivity contribution in [1.82, 2.24) is 5.32 Å². The number of methoxy groups -OCH3 is 1. The Balaban J connectivity index is 1.77. The molecule has 0 aromatic heterocycles. The van der Waals surface area contributed by atoms with E-state index in [-0.39, 0.29) is 6.10 Å². The molecule has 24 heavy (non-hydrogen) atoms. The minimum Gasteiger partial charge on any atom is -0.493 e. The van der Waals surface area contributed by atoms with Crippen LogP contribution in [0.1, 0.15) is 55.3 Å². The number of carboxylic acids is 1. The number of ether oxygens (including phenoxy) is 2. The molecular weight excluding hydrogens is 310 g/mol. The molecule has 2 aliphatic rings. The molecule has 0 atom stereocenters. The third-order valence-electron chi connectivity index (χ3n) is 4.99. The molecule has 6 nitrogen and oxygen atoms in total. The van der Waals surface area contributed by atoms with Crippen molar-refractivity contribution in [2.45, 2.75) is 56.6 Å². The Hall–Kier alpha value is -2.24. The van der Waals surface area contributed by atoms with E-state index in [1.165, 1.54) is 0 Å². The van der Waals surface area contributed by atoms with Crippen molar-refractivity contribution in [2.75, 3.05) is 7.11 Å². The van der Waals surface area contributed by atoms with Crippen LogP contribution in [0.4, 0.5) is 0 Å². The van der Waals surface area contributed by atoms with Crippen molar-refractivity contribution in [2.24, 2.45) is 0 Å². The highest BCUT2D eigenvalue weighted by molar-refractivity contribution is 5.98. The summed E-state index contributed by atoms with van der Waals surface area (Å²) in [5.41, 5.74) is -0.736. The minimum absolute atomic E-state index is 0.147. The van der Waals surface area contributed by atoms with Gasteiger partial charge in [-0.2, -0.15) is 0 Å². The first-order valence-corrected chi connectivity index (χ1v) is 8.45. The smallest absolute Gasteiger partial charge is 0.329 e. The second-order valence-electron chi connectivity index (χ2n) is 6.58. The normalized spacial score (nSPS) is 19.4. The molecule has 1 amide bonds. The third-order valence-corrected chi connectivity index (χ3v) is 4.99. The summed E-state index contributed by atoms with van der Waals surface area (Å²) in [4.78, 5) is 23.9. The molecule has 2 saturated carbocycles. The Labute approximate surface area is 141 Å². The van der Waals surface area contributed by atoms with Crippen molar-refractivity contribution >= 4 is 11.9 Å². The zero-order valence-corrected chi connectivity index (χ0v) is 13.8. The van der Waals surface area contributed by atoms with E-state index in [9.17, 15) is 14.7 Å². The fourth-order valence-corrected chi connectivity index (χ4v) is 3.31. The molecule has 0 bridgehead atoms. The molecule has 130 valence electrons. The summed E-state index contributed by atoms with van der Waals surface area (Å²) in [7, 11) is 1.56. The molecule has 0 heterocycles. The molecule has 0 aliphatic heterocycles. The number of hydrogen-bond donors (Lipinski definition) is 2. The number of aliphatic carboxylic acids is 1. The number of carbonyl (C=O) groups is 2. The predicted molar refractivity (Wildman–Crippen MR) is 87.6 cm³/mol. The molecule has 2 N–H and O–H groups in total. The number of benzene rings is 1. The van der Waals surface area contributed by atoms with Gasteiger partial charge in [0, 0.05) is 5.56 Å². The first-order valence-electron chi connectivity index (χ1n) is 8.45. The summed E-state index contributed by atoms with van der Waals surface area (Å²) < 4.78 is 11.3. The van der Waals surface area contributed by atoms with Gasteiger partial charge in [0.2, 0.25) is 0 Å². The second-order valence-corrected chi connectivity index (χ2v) is 6.58. The number of amides is 1. The van der Waals surface area contributed by atoms with E-state index < -0.39 is 17.4 Å². The van der Waals surface area contributed by atoms with E-state index in [0.29, 0.717) is 29.9 Å². The van der Waals surface area contributed by atoms with Crippen LogP contribution in [0, 0.1) is 0 Å². The first-order chi connectivity index (χ1) is 11.5. The molecule has 1 aromatic rings. The molecule has 0 radical (unpaired) electrons. The third kappa shape index (κ3) is 3.18. The van der Waals surface area contributed by atoms with Gasteiger partial charge in [-0.3, -0.25) is 4.79 Å². The minimum atomic E-state index is -1.12. The second kappa shape index (κ2) is 6.71. The summed E-state index contributed by atoms with van der Waals surface area (Å²) in [6.07, 6.45) is 6.19. The molecule has 0 spiro atoms. The van der Waals surface area contributed by atoms with E-state index in [0.717, 1.165) is 32.1 Å². The Kier molecular flexibility index (Phi) is 4.64. The maximum atomic E-state index is 12.5. The summed E-state index contributed by atoms with van der Waals surface area (Å²) in [5.74, 6) is -0.251. The van der Waals surface area contributed by atoms with Gasteiger partial charge in [-0.1, -0.05) is 0 Å². The zero-order valence-electron chi connectivity index (χ0n) is 13.8. The molecule has 0 saturated heterocycles. The lowest BCUT2D eigenvalue weighted by Gasteiger charge is -2.38. The molecular formula is C18H23NO5. The highest BCUT2D eigenvalue weighted by Crippen LogP contribution is 2.34. The number of hydrogen-bond acceptors (Lipinski definition) is 4. The van der Waals surface area contributed by atoms with Gasteiger partial charge in [0.15, 0.2) is 11.5 Å². The molecule has 0 unspecified atom stereocenters. The van der Waals surface area contributed by atoms with Crippen molar-refractivity contribution in [1.29, 1.82) is 0 Å². The summed E-state index contributed by atoms with van der Waals surface area (Å²) in [5, 5.41) is 12.0. The van der Waals surface area contributed by atoms with Gasteiger partial charge in [0.25, 0.3) is 5.91 Å². The lowest BCUT2D eigenvalue weighted by Crippen LogP contribution is -2.59. The SMILES string of the molecule is COc1ccc(C(=O)NC2(C(=O)O)CCC2)cc1OC1CCCC1. The van der Waals surface area contributed by atoms with Crippen LogP contribution in [0.5, 0.6) is 11.5 Å². The summed E-state index contributed by atoms with van der Waals surface area (Å²) >= 11 is 0. The highest BCUT2D eigenvalue weighted by atomic mass is 16.5. The quantitative estimate of drug-likeness (QED) is 0.836. The van der Waals surface area contributed by atoms with Gasteiger partial charge in [-0.25, -0.2) is 4.79 Å². The number of carbonyl (C=O) groups excluding carboxylic acids is 1. The van der Waals surface area contributed by atoms with E-state index in [1.807, 2.05) is 0 Å². The van der Waals surface area contributed by atoms with Crippen LogP contribution in [-0.4, -0.2) is 35.7 Å². The Morgan fingerprint density at radius 3 is 2.42 bits per heavy atom. The van der Waals surface area contributed by atoms with Gasteiger partial charge in [0.05, 0.1) is 13.2 Å². The maximum absolute atomic E-state index is 12.5. The summed E-state index contributed by atoms with van der Waals surface area (Å²) in [6, 6.07) is 4.96. The van der Waals surface area contributed by atoms with E-state index in [4.69, 9.17) is 9.47 Å². The van der Waals surface area contributed by atoms with Gasteiger partial charge < -0.3 is 19.9 Å². The monoisotopic (exact) mass is 333 g/mol. The van der Waals surface area contributed by atoms with Crippen molar-refractivity contribution < 1.29 is 24.2 Å². The topological polar surface area (TPSA) is 84.9 Å². The van der Waals surface area contributed by atoms with Crippen LogP contribution in [-0.2, 0) is 4.79 Å². The Morgan fingerprint density at radius 2 is 1.88 bits per heavy atom. The van der Waals surface area contributed by atoms with Gasteiger partial charge in [-0.15, -0.1) is 0 Å². The predicted octanol–water partition coefficient (Wildman–Crippen LogP) is 2.75. The fraction of sp³-hybridized carbons (Fsp3) is 0.556. The Bertz CT molecular complexity index is 632. The van der Waals surface area contributed by atoms with Crippen LogP contribution < -0.4 is 14.8 Å². The van der Waals surface area contributed by atoms with Crippen LogP contribution in [0.25, 0.3) is 0 Å². The first kappa shape index (κ1) is 16.6. The lowest BCUT2D eigenvalue weighted by molar-refractivity contribution is -0.148.